The van der Waals surface area contributed by atoms with Gasteiger partial charge < -0.3 is 58.1 Å². The van der Waals surface area contributed by atoms with Crippen molar-refractivity contribution in [2.75, 3.05) is 104 Å². The maximum Gasteiger partial charge on any atom is 0.416 e. The molecule has 0 spiro atoms. The molecule has 6 atom stereocenters. The van der Waals surface area contributed by atoms with Crippen LogP contribution in [0.5, 0.6) is 17.2 Å². The second-order valence-electron chi connectivity index (χ2n) is 26.2. The van der Waals surface area contributed by atoms with Gasteiger partial charge in [-0.2, -0.15) is 0 Å². The minimum Gasteiger partial charge on any atom is -0.496 e. The summed E-state index contributed by atoms with van der Waals surface area (Å²) in [5, 5.41) is 23.0. The lowest BCUT2D eigenvalue weighted by Gasteiger charge is -2.40. The molecule has 0 aromatic heterocycles. The van der Waals surface area contributed by atoms with E-state index in [0.29, 0.717) is 52.5 Å². The minimum atomic E-state index is -3.59. The van der Waals surface area contributed by atoms with Gasteiger partial charge in [-0.05, 0) is 184 Å². The van der Waals surface area contributed by atoms with Gasteiger partial charge in [0.25, 0.3) is 17.7 Å². The van der Waals surface area contributed by atoms with Crippen molar-refractivity contribution in [3.63, 3.8) is 0 Å². The summed E-state index contributed by atoms with van der Waals surface area (Å²) in [6, 6.07) is 26.7. The van der Waals surface area contributed by atoms with Gasteiger partial charge in [-0.15, -0.1) is 0 Å². The number of nitrogens with zero attached hydrogens (tertiary/aromatic N) is 6. The number of rotatable bonds is 19. The standard InChI is InChI=1S/C27H31N3O7S.2C26H29N3O7S/c1-6-13-37-27(32)30-22-14-17(2)24(35-4)16-21(22)25(31)29-12-11-19(15-23(29)26(30)36-5)18-7-9-20(10-8-18)38(33,34)28-3;2*1-5-12-36-26(32)29-21-13-16(2)23(35-4)15-20(21)24(30)28-11-10-18(14-22(28)25(29)31)17-6-8-19(9-7-17)37(33,34)27-3/h6-11,14,16,23,26,28H,1,12-13,15H2,2-5H3;5-9,13-15,22,25,27,31H,1,10-12H2,2-4H3;5-10,13,15,22,25,27,31H,1,11-12,14H2,2-4H3/t23-,26?;2*22-,25?/m000/s1. The molecule has 6 aliphatic rings. The van der Waals surface area contributed by atoms with Gasteiger partial charge in [0, 0.05) is 26.7 Å². The highest BCUT2D eigenvalue weighted by molar-refractivity contribution is 7.90. The number of nitrogens with one attached hydrogen (secondary N) is 3. The first-order valence-electron chi connectivity index (χ1n) is 35.2. The Balaban J connectivity index is 0.000000178. The molecule has 6 aliphatic heterocycles. The number of carbonyl (C=O) groups is 6. The zero-order chi connectivity index (χ0) is 81.4. The highest BCUT2D eigenvalue weighted by Gasteiger charge is 2.48. The Morgan fingerprint density at radius 3 is 1.16 bits per heavy atom. The Morgan fingerprint density at radius 1 is 0.473 bits per heavy atom. The van der Waals surface area contributed by atoms with Crippen LogP contribution in [-0.4, -0.2) is 212 Å². The van der Waals surface area contributed by atoms with Gasteiger partial charge in [0.05, 0.1) is 87.9 Å². The Hall–Kier alpha value is -11.0. The minimum absolute atomic E-state index is 0.00834. The van der Waals surface area contributed by atoms with E-state index in [-0.39, 0.29) is 101 Å². The molecular weight excluding hydrogens is 1510 g/mol. The number of fused-ring (bicyclic) bond motifs is 6. The topological polar surface area (TPSA) is 365 Å². The number of anilines is 3. The molecule has 33 heteroatoms. The molecule has 594 valence electrons. The van der Waals surface area contributed by atoms with Crippen LogP contribution in [0.25, 0.3) is 16.7 Å². The van der Waals surface area contributed by atoms with Crippen molar-refractivity contribution < 1.29 is 97.4 Å². The van der Waals surface area contributed by atoms with E-state index in [2.05, 4.69) is 33.9 Å². The summed E-state index contributed by atoms with van der Waals surface area (Å²) < 4.78 is 117. The van der Waals surface area contributed by atoms with E-state index in [1.807, 2.05) is 19.1 Å². The molecule has 0 fully saturated rings. The molecule has 0 bridgehead atoms. The van der Waals surface area contributed by atoms with Crippen molar-refractivity contribution in [1.29, 1.82) is 0 Å². The number of carbonyl (C=O) groups excluding carboxylic acids is 6. The molecule has 5 N–H and O–H groups in total. The fourth-order valence-corrected chi connectivity index (χ4v) is 16.2. The van der Waals surface area contributed by atoms with Crippen molar-refractivity contribution in [3.8, 4) is 17.2 Å². The molecule has 6 aromatic rings. The smallest absolute Gasteiger partial charge is 0.416 e. The van der Waals surface area contributed by atoms with Gasteiger partial charge in [0.1, 0.15) is 37.1 Å². The third-order valence-electron chi connectivity index (χ3n) is 19.9. The summed E-state index contributed by atoms with van der Waals surface area (Å²) in [5.74, 6) is 0.488. The Morgan fingerprint density at radius 2 is 0.804 bits per heavy atom. The van der Waals surface area contributed by atoms with Gasteiger partial charge in [-0.3, -0.25) is 14.4 Å². The summed E-state index contributed by atoms with van der Waals surface area (Å²) in [6.45, 7) is 16.7. The zero-order valence-corrected chi connectivity index (χ0v) is 65.8. The quantitative estimate of drug-likeness (QED) is 0.0374. The van der Waals surface area contributed by atoms with Gasteiger partial charge in [0.2, 0.25) is 30.1 Å². The first-order valence-corrected chi connectivity index (χ1v) is 39.7. The van der Waals surface area contributed by atoms with E-state index in [1.54, 1.807) is 97.6 Å². The van der Waals surface area contributed by atoms with Crippen LogP contribution in [0.1, 0.15) is 83.7 Å². The van der Waals surface area contributed by atoms with Crippen LogP contribution in [0.15, 0.2) is 180 Å². The zero-order valence-electron chi connectivity index (χ0n) is 63.4. The van der Waals surface area contributed by atoms with Crippen LogP contribution in [-0.2, 0) is 49.0 Å². The Kier molecular flexibility index (Phi) is 26.2. The van der Waals surface area contributed by atoms with Crippen LogP contribution >= 0.6 is 0 Å². The summed E-state index contributed by atoms with van der Waals surface area (Å²) in [4.78, 5) is 89.4. The first kappa shape index (κ1) is 83.5. The highest BCUT2D eigenvalue weighted by Crippen LogP contribution is 2.44. The lowest BCUT2D eigenvalue weighted by Crippen LogP contribution is -2.55. The van der Waals surface area contributed by atoms with Crippen LogP contribution in [0.2, 0.25) is 0 Å². The maximum atomic E-state index is 13.8. The predicted molar refractivity (Wildman–Crippen MR) is 418 cm³/mol. The van der Waals surface area contributed by atoms with Crippen molar-refractivity contribution in [2.45, 2.75) is 91.5 Å². The lowest BCUT2D eigenvalue weighted by molar-refractivity contribution is 0.0175. The third-order valence-corrected chi connectivity index (χ3v) is 24.1. The molecule has 12 rings (SSSR count). The summed E-state index contributed by atoms with van der Waals surface area (Å²) >= 11 is 0. The highest BCUT2D eigenvalue weighted by atomic mass is 32.2. The molecule has 0 saturated heterocycles. The molecule has 0 radical (unpaired) electrons. The molecule has 0 saturated carbocycles. The van der Waals surface area contributed by atoms with E-state index in [0.717, 1.165) is 48.8 Å². The fraction of sp³-hybridized carbons (Fsp3) is 0.316. The molecule has 112 heavy (non-hydrogen) atoms. The van der Waals surface area contributed by atoms with Crippen molar-refractivity contribution in [1.82, 2.24) is 28.9 Å². The van der Waals surface area contributed by atoms with Gasteiger partial charge >= 0.3 is 18.3 Å². The third kappa shape index (κ3) is 16.9. The monoisotopic (exact) mass is 1600 g/mol. The van der Waals surface area contributed by atoms with Crippen LogP contribution in [0.3, 0.4) is 0 Å². The van der Waals surface area contributed by atoms with Crippen LogP contribution < -0.4 is 43.1 Å². The number of amides is 6. The number of hydrogen-bond donors (Lipinski definition) is 5. The summed E-state index contributed by atoms with van der Waals surface area (Å²) in [7, 11) is -0.716. The number of hydrogen-bond acceptors (Lipinski definition) is 21. The van der Waals surface area contributed by atoms with E-state index in [9.17, 15) is 64.2 Å². The number of ether oxygens (including phenoxy) is 7. The number of methoxy groups -OCH3 is 4. The second-order valence-corrected chi connectivity index (χ2v) is 31.9. The number of aliphatic hydroxyl groups is 2. The molecular formula is C79H89N9O21S3. The number of aryl methyl sites for hydroxylation is 3. The van der Waals surface area contributed by atoms with Gasteiger partial charge in [-0.1, -0.05) is 92.6 Å². The average molecular weight is 1600 g/mol. The number of aliphatic hydroxyl groups excluding tert-OH is 2. The van der Waals surface area contributed by atoms with Crippen molar-refractivity contribution >= 4 is 99.9 Å². The Labute approximate surface area is 650 Å². The first-order chi connectivity index (χ1) is 53.4. The average Bonchev–Trinajstić information content (AvgIpc) is 1.61. The maximum absolute atomic E-state index is 13.8. The van der Waals surface area contributed by atoms with E-state index >= 15 is 0 Å². The van der Waals surface area contributed by atoms with Crippen molar-refractivity contribution in [2.24, 2.45) is 0 Å². The number of sulfonamides is 3. The molecule has 6 aromatic carbocycles. The van der Waals surface area contributed by atoms with Gasteiger partial charge in [0.15, 0.2) is 18.7 Å². The fourth-order valence-electron chi connectivity index (χ4n) is 14.0. The summed E-state index contributed by atoms with van der Waals surface area (Å²) in [6.07, 6.45) is 4.83. The van der Waals surface area contributed by atoms with E-state index in [4.69, 9.17) is 33.2 Å². The van der Waals surface area contributed by atoms with Gasteiger partial charge in [-0.25, -0.2) is 68.5 Å². The van der Waals surface area contributed by atoms with E-state index in [1.165, 1.54) is 119 Å². The van der Waals surface area contributed by atoms with Crippen molar-refractivity contribution in [3.05, 3.63) is 215 Å². The molecule has 0 aliphatic carbocycles. The molecule has 3 unspecified atom stereocenters. The second kappa shape index (κ2) is 35.1. The van der Waals surface area contributed by atoms with Crippen LogP contribution in [0, 0.1) is 20.8 Å². The molecule has 30 nitrogen and oxygen atoms in total. The van der Waals surface area contributed by atoms with E-state index < -0.39 is 85.2 Å². The normalized spacial score (nSPS) is 19.3. The summed E-state index contributed by atoms with van der Waals surface area (Å²) in [5.41, 5.74) is 8.42. The molecule has 6 heterocycles. The number of benzene rings is 6. The molecule has 6 amide bonds. The predicted octanol–water partition coefficient (Wildman–Crippen LogP) is 8.67. The largest absolute Gasteiger partial charge is 0.496 e. The SMILES string of the molecule is C=CCOC(=O)N1c2cc(C)c(OC)cc2C(=O)N2CC=C(c3ccc(S(=O)(=O)NC)cc3)C[C@H]2C1O.C=CCOC(=O)N1c2cc(C)c(OC)cc2C(=O)N2CC=C(c3ccc(S(=O)(=O)NC)cc3)C[C@H]2C1OC.C=CCOC(=O)N1c2cc(C)c(OC)cc2C(=O)N2CCC(c3ccc(S(=O)(=O)NC)cc3)=C[C@H]2C1O. The van der Waals surface area contributed by atoms with Crippen LogP contribution in [0.4, 0.5) is 31.4 Å². The Bertz CT molecular complexity index is 5110. The lowest BCUT2D eigenvalue weighted by atomic mass is 9.93.